The number of para-hydroxylation sites is 1. The molecule has 0 aliphatic rings. The summed E-state index contributed by atoms with van der Waals surface area (Å²) in [5.41, 5.74) is 5.90. The second kappa shape index (κ2) is 10.0. The lowest BCUT2D eigenvalue weighted by atomic mass is 10.1. The molecule has 0 bridgehead atoms. The Balaban J connectivity index is 1.65. The Hall–Kier alpha value is -4.80. The van der Waals surface area contributed by atoms with Crippen LogP contribution in [0.15, 0.2) is 97.1 Å². The molecular weight excluding hydrogens is 406 g/mol. The molecule has 33 heavy (non-hydrogen) atoms. The van der Waals surface area contributed by atoms with Crippen LogP contribution in [-0.2, 0) is 0 Å². The Labute approximate surface area is 194 Å². The molecule has 0 unspecified atom stereocenters. The van der Waals surface area contributed by atoms with E-state index in [9.17, 15) is 0 Å². The first-order chi connectivity index (χ1) is 16.2. The highest BCUT2D eigenvalue weighted by Crippen LogP contribution is 2.35. The van der Waals surface area contributed by atoms with E-state index in [1.165, 1.54) is 0 Å². The highest BCUT2D eigenvalue weighted by molar-refractivity contribution is 5.80. The summed E-state index contributed by atoms with van der Waals surface area (Å²) in [6, 6.07) is 33.6. The predicted molar refractivity (Wildman–Crippen MR) is 134 cm³/mol. The van der Waals surface area contributed by atoms with E-state index in [4.69, 9.17) is 16.6 Å². The quantitative estimate of drug-likeness (QED) is 0.233. The lowest BCUT2D eigenvalue weighted by Gasteiger charge is -2.25. The minimum Gasteiger partial charge on any atom is -0.497 e. The smallest absolute Gasteiger partial charge is 0.194 e. The van der Waals surface area contributed by atoms with Crippen molar-refractivity contribution in [3.8, 4) is 11.8 Å². The van der Waals surface area contributed by atoms with Crippen molar-refractivity contribution in [2.75, 3.05) is 12.0 Å². The van der Waals surface area contributed by atoms with Crippen LogP contribution >= 0.6 is 0 Å². The Morgan fingerprint density at radius 3 is 2.06 bits per heavy atom. The molecule has 0 atom stereocenters. The molecule has 0 saturated heterocycles. The summed E-state index contributed by atoms with van der Waals surface area (Å²) in [6.45, 7) is 7.35. The minimum absolute atomic E-state index is 0.525. The number of hydrogen-bond acceptors (Lipinski definition) is 3. The molecule has 0 heterocycles. The standard InChI is InChI=1S/C29H21N3O/c1-31-29-19-11-23(21-30)20-24(29)12-8-22-9-13-26(14-10-22)32(25-6-4-3-5-7-25)27-15-17-28(33-2)18-16-27/h3-20H,2H3. The Kier molecular flexibility index (Phi) is 6.50. The van der Waals surface area contributed by atoms with Crippen molar-refractivity contribution in [1.82, 2.24) is 0 Å². The van der Waals surface area contributed by atoms with Crippen LogP contribution in [0.5, 0.6) is 5.75 Å². The molecule has 4 nitrogen and oxygen atoms in total. The van der Waals surface area contributed by atoms with Gasteiger partial charge in [0, 0.05) is 17.1 Å². The summed E-state index contributed by atoms with van der Waals surface area (Å²) >= 11 is 0. The van der Waals surface area contributed by atoms with Crippen LogP contribution < -0.4 is 9.64 Å². The topological polar surface area (TPSA) is 40.6 Å². The van der Waals surface area contributed by atoms with Crippen molar-refractivity contribution in [1.29, 1.82) is 5.26 Å². The third-order valence-corrected chi connectivity index (χ3v) is 5.23. The molecule has 4 aromatic carbocycles. The zero-order valence-electron chi connectivity index (χ0n) is 18.1. The van der Waals surface area contributed by atoms with Gasteiger partial charge in [0.15, 0.2) is 5.69 Å². The van der Waals surface area contributed by atoms with Gasteiger partial charge in [0.2, 0.25) is 0 Å². The van der Waals surface area contributed by atoms with Gasteiger partial charge in [-0.2, -0.15) is 5.26 Å². The van der Waals surface area contributed by atoms with E-state index >= 15 is 0 Å². The highest BCUT2D eigenvalue weighted by Gasteiger charge is 2.12. The zero-order valence-corrected chi connectivity index (χ0v) is 18.1. The Morgan fingerprint density at radius 1 is 0.818 bits per heavy atom. The summed E-state index contributed by atoms with van der Waals surface area (Å²) in [5, 5.41) is 9.15. The van der Waals surface area contributed by atoms with Crippen LogP contribution in [0, 0.1) is 17.9 Å². The van der Waals surface area contributed by atoms with E-state index in [1.807, 2.05) is 66.7 Å². The number of ether oxygens (including phenoxy) is 1. The first-order valence-electron chi connectivity index (χ1n) is 10.4. The first-order valence-corrected chi connectivity index (χ1v) is 10.4. The van der Waals surface area contributed by atoms with Crippen molar-refractivity contribution < 1.29 is 4.74 Å². The van der Waals surface area contributed by atoms with E-state index in [-0.39, 0.29) is 0 Å². The molecule has 0 amide bonds. The van der Waals surface area contributed by atoms with Gasteiger partial charge in [-0.15, -0.1) is 0 Å². The molecule has 0 aromatic heterocycles. The van der Waals surface area contributed by atoms with E-state index < -0.39 is 0 Å². The van der Waals surface area contributed by atoms with Crippen molar-refractivity contribution >= 4 is 34.9 Å². The van der Waals surface area contributed by atoms with Crippen LogP contribution in [-0.4, -0.2) is 7.11 Å². The summed E-state index contributed by atoms with van der Waals surface area (Å²) < 4.78 is 5.31. The van der Waals surface area contributed by atoms with Crippen LogP contribution in [0.4, 0.5) is 22.7 Å². The van der Waals surface area contributed by atoms with Gasteiger partial charge in [-0.1, -0.05) is 54.6 Å². The van der Waals surface area contributed by atoms with Crippen LogP contribution in [0.3, 0.4) is 0 Å². The second-order valence-electron chi connectivity index (χ2n) is 7.29. The maximum absolute atomic E-state index is 9.15. The lowest BCUT2D eigenvalue weighted by molar-refractivity contribution is 0.415. The normalized spacial score (nSPS) is 10.4. The molecule has 158 valence electrons. The van der Waals surface area contributed by atoms with E-state index in [0.29, 0.717) is 11.3 Å². The average Bonchev–Trinajstić information content (AvgIpc) is 2.89. The van der Waals surface area contributed by atoms with Crippen LogP contribution in [0.25, 0.3) is 17.0 Å². The summed E-state index contributed by atoms with van der Waals surface area (Å²) in [6.07, 6.45) is 3.83. The number of benzene rings is 4. The van der Waals surface area contributed by atoms with Crippen molar-refractivity contribution in [3.63, 3.8) is 0 Å². The Morgan fingerprint density at radius 2 is 1.45 bits per heavy atom. The van der Waals surface area contributed by atoms with Crippen LogP contribution in [0.1, 0.15) is 16.7 Å². The molecular formula is C29H21N3O. The number of nitriles is 1. The average molecular weight is 428 g/mol. The second-order valence-corrected chi connectivity index (χ2v) is 7.29. The molecule has 0 N–H and O–H groups in total. The maximum atomic E-state index is 9.15. The van der Waals surface area contributed by atoms with Gasteiger partial charge < -0.3 is 9.64 Å². The minimum atomic E-state index is 0.525. The molecule has 0 fully saturated rings. The molecule has 0 radical (unpaired) electrons. The van der Waals surface area contributed by atoms with E-state index in [2.05, 4.69) is 40.1 Å². The summed E-state index contributed by atoms with van der Waals surface area (Å²) in [5.74, 6) is 0.812. The SMILES string of the molecule is [C-]#[N+]c1ccc(C#N)cc1C=Cc1ccc(N(c2ccccc2)c2ccc(OC)cc2)cc1. The van der Waals surface area contributed by atoms with Gasteiger partial charge in [-0.3, -0.25) is 0 Å². The first kappa shape index (κ1) is 21.4. The number of anilines is 3. The molecule has 0 saturated carbocycles. The maximum Gasteiger partial charge on any atom is 0.194 e. The van der Waals surface area contributed by atoms with Crippen molar-refractivity contribution in [2.45, 2.75) is 0 Å². The Bertz CT molecular complexity index is 1340. The summed E-state index contributed by atoms with van der Waals surface area (Å²) in [4.78, 5) is 5.73. The molecule has 4 rings (SSSR count). The molecule has 0 aliphatic carbocycles. The van der Waals surface area contributed by atoms with Crippen molar-refractivity contribution in [3.05, 3.63) is 125 Å². The number of hydrogen-bond donors (Lipinski definition) is 0. The fourth-order valence-electron chi connectivity index (χ4n) is 3.54. The summed E-state index contributed by atoms with van der Waals surface area (Å²) in [7, 11) is 1.66. The number of methoxy groups -OCH3 is 1. The van der Waals surface area contributed by atoms with Crippen LogP contribution in [0.2, 0.25) is 0 Å². The van der Waals surface area contributed by atoms with Gasteiger partial charge in [0.05, 0.1) is 25.3 Å². The third-order valence-electron chi connectivity index (χ3n) is 5.23. The molecule has 4 aromatic rings. The number of rotatable bonds is 6. The third kappa shape index (κ3) is 4.93. The van der Waals surface area contributed by atoms with E-state index in [1.54, 1.807) is 25.3 Å². The van der Waals surface area contributed by atoms with E-state index in [0.717, 1.165) is 33.9 Å². The van der Waals surface area contributed by atoms with Gasteiger partial charge in [-0.05, 0) is 65.7 Å². The number of nitrogens with zero attached hydrogens (tertiary/aromatic N) is 3. The largest absolute Gasteiger partial charge is 0.497 e. The fraction of sp³-hybridized carbons (Fsp3) is 0.0345. The molecule has 0 aliphatic heterocycles. The lowest BCUT2D eigenvalue weighted by Crippen LogP contribution is -2.09. The molecule has 4 heteroatoms. The highest BCUT2D eigenvalue weighted by atomic mass is 16.5. The molecule has 0 spiro atoms. The monoisotopic (exact) mass is 427 g/mol. The van der Waals surface area contributed by atoms with Gasteiger partial charge >= 0.3 is 0 Å². The predicted octanol–water partition coefficient (Wildman–Crippen LogP) is 7.76. The van der Waals surface area contributed by atoms with Gasteiger partial charge in [0.1, 0.15) is 5.75 Å². The zero-order chi connectivity index (χ0) is 23.0. The fourth-order valence-corrected chi connectivity index (χ4v) is 3.54. The van der Waals surface area contributed by atoms with Crippen molar-refractivity contribution in [2.24, 2.45) is 0 Å². The van der Waals surface area contributed by atoms with Gasteiger partial charge in [0.25, 0.3) is 0 Å². The van der Waals surface area contributed by atoms with Gasteiger partial charge in [-0.25, -0.2) is 4.85 Å².